The number of hydrogen-bond acceptors (Lipinski definition) is 1. The van der Waals surface area contributed by atoms with Gasteiger partial charge in [0.25, 0.3) is 0 Å². The Kier molecular flexibility index (Phi) is 3.88. The third-order valence-corrected chi connectivity index (χ3v) is 4.44. The monoisotopic (exact) mass is 364 g/mol. The fourth-order valence-corrected chi connectivity index (χ4v) is 3.73. The van der Waals surface area contributed by atoms with Gasteiger partial charge >= 0.3 is 0 Å². The third-order valence-electron chi connectivity index (χ3n) is 1.97. The predicted octanol–water partition coefficient (Wildman–Crippen LogP) is 5.60. The lowest BCUT2D eigenvalue weighted by Gasteiger charge is -2.08. The zero-order valence-electron chi connectivity index (χ0n) is 7.58. The van der Waals surface area contributed by atoms with Crippen LogP contribution < -0.4 is 0 Å². The molecule has 1 heterocycles. The molecule has 0 aliphatic rings. The van der Waals surface area contributed by atoms with Crippen molar-refractivity contribution in [3.63, 3.8) is 0 Å². The first-order chi connectivity index (χ1) is 7.16. The van der Waals surface area contributed by atoms with Gasteiger partial charge in [0, 0.05) is 13.8 Å². The van der Waals surface area contributed by atoms with E-state index >= 15 is 0 Å². The molecule has 0 nitrogen and oxygen atoms in total. The average molecular weight is 367 g/mol. The summed E-state index contributed by atoms with van der Waals surface area (Å²) in [6, 6.07) is 10.2. The molecule has 0 bridgehead atoms. The van der Waals surface area contributed by atoms with E-state index in [1.807, 2.05) is 29.6 Å². The summed E-state index contributed by atoms with van der Waals surface area (Å²) in [5.74, 6) is 0. The van der Waals surface area contributed by atoms with Crippen molar-refractivity contribution in [3.8, 4) is 0 Å². The van der Waals surface area contributed by atoms with Gasteiger partial charge in [-0.2, -0.15) is 0 Å². The van der Waals surface area contributed by atoms with Gasteiger partial charge in [0.1, 0.15) is 0 Å². The first kappa shape index (κ1) is 11.6. The minimum atomic E-state index is -0.0706. The third kappa shape index (κ3) is 2.84. The number of rotatable bonds is 2. The Morgan fingerprint density at radius 1 is 1.13 bits per heavy atom. The Labute approximate surface area is 115 Å². The van der Waals surface area contributed by atoms with Crippen LogP contribution in [0, 0.1) is 0 Å². The number of alkyl halides is 1. The zero-order chi connectivity index (χ0) is 10.8. The van der Waals surface area contributed by atoms with Crippen molar-refractivity contribution in [1.29, 1.82) is 0 Å². The largest absolute Gasteiger partial charge is 0.147 e. The van der Waals surface area contributed by atoms with E-state index in [9.17, 15) is 0 Å². The standard InChI is InChI=1S/C11H7Br2ClS/c12-8-4-7(5-9(13)6-8)11(14)10-2-1-3-15-10/h1-6,11H. The lowest BCUT2D eigenvalue weighted by Crippen LogP contribution is -1.90. The van der Waals surface area contributed by atoms with Gasteiger partial charge in [-0.25, -0.2) is 0 Å². The van der Waals surface area contributed by atoms with Crippen LogP contribution in [0.1, 0.15) is 15.8 Å². The van der Waals surface area contributed by atoms with E-state index in [2.05, 4.69) is 37.9 Å². The van der Waals surface area contributed by atoms with Crippen LogP contribution in [-0.2, 0) is 0 Å². The molecule has 78 valence electrons. The zero-order valence-corrected chi connectivity index (χ0v) is 12.3. The lowest BCUT2D eigenvalue weighted by atomic mass is 10.1. The maximum atomic E-state index is 6.39. The summed E-state index contributed by atoms with van der Waals surface area (Å²) in [6.07, 6.45) is 0. The maximum Gasteiger partial charge on any atom is 0.0928 e. The quantitative estimate of drug-likeness (QED) is 0.607. The summed E-state index contributed by atoms with van der Waals surface area (Å²) in [5.41, 5.74) is 1.10. The number of thiophene rings is 1. The fourth-order valence-electron chi connectivity index (χ4n) is 1.32. The minimum Gasteiger partial charge on any atom is -0.147 e. The van der Waals surface area contributed by atoms with Gasteiger partial charge in [-0.1, -0.05) is 37.9 Å². The molecule has 0 aliphatic heterocycles. The molecule has 0 saturated carbocycles. The summed E-state index contributed by atoms with van der Waals surface area (Å²) in [6.45, 7) is 0. The second-order valence-electron chi connectivity index (χ2n) is 3.08. The molecule has 0 N–H and O–H groups in total. The lowest BCUT2D eigenvalue weighted by molar-refractivity contribution is 1.18. The fraction of sp³-hybridized carbons (Fsp3) is 0.0909. The molecule has 15 heavy (non-hydrogen) atoms. The van der Waals surface area contributed by atoms with Gasteiger partial charge in [-0.3, -0.25) is 0 Å². The topological polar surface area (TPSA) is 0 Å². The molecule has 4 heteroatoms. The highest BCUT2D eigenvalue weighted by molar-refractivity contribution is 9.11. The second kappa shape index (κ2) is 5.00. The molecular weight excluding hydrogens is 359 g/mol. The molecular formula is C11H7Br2ClS. The van der Waals surface area contributed by atoms with Gasteiger partial charge < -0.3 is 0 Å². The van der Waals surface area contributed by atoms with Crippen LogP contribution in [0.2, 0.25) is 0 Å². The Hall–Kier alpha value is 0.170. The van der Waals surface area contributed by atoms with Crippen LogP contribution in [0.3, 0.4) is 0 Å². The van der Waals surface area contributed by atoms with Gasteiger partial charge in [-0.15, -0.1) is 22.9 Å². The van der Waals surface area contributed by atoms with Crippen molar-refractivity contribution < 1.29 is 0 Å². The SMILES string of the molecule is ClC(c1cc(Br)cc(Br)c1)c1cccs1. The molecule has 1 aromatic heterocycles. The Bertz CT molecular complexity index is 433. The van der Waals surface area contributed by atoms with Gasteiger partial charge in [0.2, 0.25) is 0 Å². The first-order valence-electron chi connectivity index (χ1n) is 4.30. The highest BCUT2D eigenvalue weighted by Crippen LogP contribution is 2.34. The molecule has 0 fully saturated rings. The number of hydrogen-bond donors (Lipinski definition) is 0. The van der Waals surface area contributed by atoms with E-state index in [-0.39, 0.29) is 5.38 Å². The second-order valence-corrected chi connectivity index (χ2v) is 6.33. The minimum absolute atomic E-state index is 0.0706. The highest BCUT2D eigenvalue weighted by atomic mass is 79.9. The molecule has 0 aliphatic carbocycles. The van der Waals surface area contributed by atoms with E-state index in [0.717, 1.165) is 14.5 Å². The predicted molar refractivity (Wildman–Crippen MR) is 73.9 cm³/mol. The molecule has 0 spiro atoms. The molecule has 1 atom stereocenters. The van der Waals surface area contributed by atoms with Crippen LogP contribution in [-0.4, -0.2) is 0 Å². The molecule has 0 saturated heterocycles. The molecule has 2 rings (SSSR count). The van der Waals surface area contributed by atoms with Crippen molar-refractivity contribution in [2.45, 2.75) is 5.38 Å². The Morgan fingerprint density at radius 2 is 1.80 bits per heavy atom. The summed E-state index contributed by atoms with van der Waals surface area (Å²) in [5, 5.41) is 1.97. The molecule has 1 unspecified atom stereocenters. The van der Waals surface area contributed by atoms with E-state index in [4.69, 9.17) is 11.6 Å². The van der Waals surface area contributed by atoms with Crippen molar-refractivity contribution in [2.75, 3.05) is 0 Å². The van der Waals surface area contributed by atoms with E-state index in [1.165, 1.54) is 4.88 Å². The smallest absolute Gasteiger partial charge is 0.0928 e. The first-order valence-corrected chi connectivity index (χ1v) is 7.20. The summed E-state index contributed by atoms with van der Waals surface area (Å²) in [4.78, 5) is 1.17. The Morgan fingerprint density at radius 3 is 2.33 bits per heavy atom. The maximum absolute atomic E-state index is 6.39. The van der Waals surface area contributed by atoms with Crippen LogP contribution in [0.15, 0.2) is 44.7 Å². The number of halogens is 3. The van der Waals surface area contributed by atoms with Crippen LogP contribution >= 0.6 is 54.8 Å². The summed E-state index contributed by atoms with van der Waals surface area (Å²) >= 11 is 15.0. The molecule has 1 aromatic carbocycles. The van der Waals surface area contributed by atoms with Crippen LogP contribution in [0.25, 0.3) is 0 Å². The molecule has 0 amide bonds. The molecule has 2 aromatic rings. The van der Waals surface area contributed by atoms with E-state index in [1.54, 1.807) is 11.3 Å². The van der Waals surface area contributed by atoms with E-state index < -0.39 is 0 Å². The van der Waals surface area contributed by atoms with Gasteiger partial charge in [0.05, 0.1) is 5.38 Å². The van der Waals surface area contributed by atoms with Crippen molar-refractivity contribution in [1.82, 2.24) is 0 Å². The normalized spacial score (nSPS) is 12.7. The summed E-state index contributed by atoms with van der Waals surface area (Å²) in [7, 11) is 0. The Balaban J connectivity index is 2.37. The van der Waals surface area contributed by atoms with E-state index in [0.29, 0.717) is 0 Å². The highest BCUT2D eigenvalue weighted by Gasteiger charge is 2.12. The molecule has 0 radical (unpaired) electrons. The number of benzene rings is 1. The van der Waals surface area contributed by atoms with Crippen molar-refractivity contribution >= 4 is 54.8 Å². The van der Waals surface area contributed by atoms with Gasteiger partial charge in [-0.05, 0) is 35.2 Å². The summed E-state index contributed by atoms with van der Waals surface area (Å²) < 4.78 is 2.07. The van der Waals surface area contributed by atoms with Crippen molar-refractivity contribution in [3.05, 3.63) is 55.1 Å². The van der Waals surface area contributed by atoms with Crippen LogP contribution in [0.5, 0.6) is 0 Å². The van der Waals surface area contributed by atoms with Crippen molar-refractivity contribution in [2.24, 2.45) is 0 Å². The van der Waals surface area contributed by atoms with Crippen LogP contribution in [0.4, 0.5) is 0 Å². The van der Waals surface area contributed by atoms with Gasteiger partial charge in [0.15, 0.2) is 0 Å². The average Bonchev–Trinajstić information content (AvgIpc) is 2.67.